The first-order valence-corrected chi connectivity index (χ1v) is 6.14. The van der Waals surface area contributed by atoms with E-state index in [1.54, 1.807) is 12.1 Å². The first-order chi connectivity index (χ1) is 9.08. The molecule has 0 amide bonds. The predicted octanol–water partition coefficient (Wildman–Crippen LogP) is 3.50. The van der Waals surface area contributed by atoms with Gasteiger partial charge in [-0.05, 0) is 39.7 Å². The molecule has 0 aliphatic rings. The van der Waals surface area contributed by atoms with Gasteiger partial charge in [0.25, 0.3) is 0 Å². The van der Waals surface area contributed by atoms with E-state index >= 15 is 0 Å². The summed E-state index contributed by atoms with van der Waals surface area (Å²) in [5.41, 5.74) is 0.537. The highest BCUT2D eigenvalue weighted by molar-refractivity contribution is 9.10. The molecular formula is C12H9BrFN3O2. The van der Waals surface area contributed by atoms with Crippen molar-refractivity contribution in [2.45, 2.75) is 6.54 Å². The van der Waals surface area contributed by atoms with E-state index < -0.39 is 4.92 Å². The van der Waals surface area contributed by atoms with Crippen LogP contribution in [0.5, 0.6) is 0 Å². The summed E-state index contributed by atoms with van der Waals surface area (Å²) in [6.45, 7) is 0.252. The average Bonchev–Trinajstić information content (AvgIpc) is 2.36. The summed E-state index contributed by atoms with van der Waals surface area (Å²) >= 11 is 3.10. The molecule has 1 N–H and O–H groups in total. The van der Waals surface area contributed by atoms with Gasteiger partial charge >= 0.3 is 5.69 Å². The van der Waals surface area contributed by atoms with Gasteiger partial charge in [0, 0.05) is 12.7 Å². The van der Waals surface area contributed by atoms with E-state index in [2.05, 4.69) is 26.2 Å². The molecule has 19 heavy (non-hydrogen) atoms. The molecule has 5 nitrogen and oxygen atoms in total. The number of nitrogens with one attached hydrogen (secondary N) is 1. The molecule has 0 unspecified atom stereocenters. The van der Waals surface area contributed by atoms with Gasteiger partial charge < -0.3 is 5.32 Å². The second kappa shape index (κ2) is 5.75. The molecule has 0 saturated heterocycles. The average molecular weight is 326 g/mol. The maximum absolute atomic E-state index is 13.0. The van der Waals surface area contributed by atoms with Gasteiger partial charge in [0.05, 0.1) is 4.92 Å². The second-order valence-corrected chi connectivity index (χ2v) is 4.58. The minimum Gasteiger partial charge on any atom is -0.360 e. The van der Waals surface area contributed by atoms with Crippen molar-refractivity contribution in [3.05, 3.63) is 62.5 Å². The molecule has 0 aliphatic carbocycles. The van der Waals surface area contributed by atoms with Crippen LogP contribution in [0, 0.1) is 15.9 Å². The van der Waals surface area contributed by atoms with Gasteiger partial charge in [-0.25, -0.2) is 9.37 Å². The Hall–Kier alpha value is -2.02. The molecule has 0 radical (unpaired) electrons. The Morgan fingerprint density at radius 1 is 1.42 bits per heavy atom. The van der Waals surface area contributed by atoms with E-state index in [1.807, 2.05) is 0 Å². The van der Waals surface area contributed by atoms with Gasteiger partial charge in [0.15, 0.2) is 0 Å². The van der Waals surface area contributed by atoms with Gasteiger partial charge in [-0.15, -0.1) is 0 Å². The number of hydrogen-bond acceptors (Lipinski definition) is 4. The van der Waals surface area contributed by atoms with E-state index in [0.29, 0.717) is 10.0 Å². The third kappa shape index (κ3) is 3.25. The van der Waals surface area contributed by atoms with E-state index in [4.69, 9.17) is 0 Å². The number of anilines is 1. The largest absolute Gasteiger partial charge is 0.360 e. The van der Waals surface area contributed by atoms with Gasteiger partial charge in [-0.2, -0.15) is 0 Å². The number of pyridine rings is 1. The van der Waals surface area contributed by atoms with E-state index in [-0.39, 0.29) is 23.9 Å². The summed E-state index contributed by atoms with van der Waals surface area (Å²) in [5.74, 6) is -0.209. The van der Waals surface area contributed by atoms with Crippen molar-refractivity contribution in [2.24, 2.45) is 0 Å². The third-order valence-electron chi connectivity index (χ3n) is 2.41. The quantitative estimate of drug-likeness (QED) is 0.690. The zero-order chi connectivity index (χ0) is 13.8. The number of halogens is 2. The van der Waals surface area contributed by atoms with Gasteiger partial charge in [0.2, 0.25) is 5.82 Å². The van der Waals surface area contributed by atoms with Gasteiger partial charge in [-0.1, -0.05) is 12.1 Å². The van der Waals surface area contributed by atoms with Crippen LogP contribution < -0.4 is 5.32 Å². The Labute approximate surface area is 116 Å². The van der Waals surface area contributed by atoms with Crippen molar-refractivity contribution in [1.29, 1.82) is 0 Å². The van der Waals surface area contributed by atoms with Crippen molar-refractivity contribution in [3.63, 3.8) is 0 Å². The predicted molar refractivity (Wildman–Crippen MR) is 72.3 cm³/mol. The summed E-state index contributed by atoms with van der Waals surface area (Å²) in [5, 5.41) is 13.8. The lowest BCUT2D eigenvalue weighted by molar-refractivity contribution is -0.385. The Morgan fingerprint density at radius 3 is 2.89 bits per heavy atom. The van der Waals surface area contributed by atoms with Crippen LogP contribution in [0.4, 0.5) is 15.9 Å². The summed E-state index contributed by atoms with van der Waals surface area (Å²) in [7, 11) is 0. The fourth-order valence-electron chi connectivity index (χ4n) is 1.57. The number of nitrogens with zero attached hydrogens (tertiary/aromatic N) is 2. The SMILES string of the molecule is O=[N+]([O-])c1c(Br)ccnc1NCc1cccc(F)c1. The Kier molecular flexibility index (Phi) is 4.06. The molecule has 1 aromatic heterocycles. The van der Waals surface area contributed by atoms with Gasteiger partial charge in [0.1, 0.15) is 10.3 Å². The van der Waals surface area contributed by atoms with E-state index in [1.165, 1.54) is 24.4 Å². The topological polar surface area (TPSA) is 68.1 Å². The number of rotatable bonds is 4. The van der Waals surface area contributed by atoms with Crippen LogP contribution >= 0.6 is 15.9 Å². The highest BCUT2D eigenvalue weighted by Gasteiger charge is 2.19. The number of hydrogen-bond donors (Lipinski definition) is 1. The minimum absolute atomic E-state index is 0.140. The molecule has 0 fully saturated rings. The molecule has 1 heterocycles. The van der Waals surface area contributed by atoms with Crippen LogP contribution in [-0.2, 0) is 6.54 Å². The lowest BCUT2D eigenvalue weighted by atomic mass is 10.2. The molecule has 0 saturated carbocycles. The fourth-order valence-corrected chi connectivity index (χ4v) is 2.02. The first kappa shape index (κ1) is 13.4. The van der Waals surface area contributed by atoms with Crippen LogP contribution in [0.3, 0.4) is 0 Å². The molecule has 2 aromatic rings. The Morgan fingerprint density at radius 2 is 2.21 bits per heavy atom. The van der Waals surface area contributed by atoms with Crippen molar-refractivity contribution in [1.82, 2.24) is 4.98 Å². The summed E-state index contributed by atoms with van der Waals surface area (Å²) in [6, 6.07) is 7.49. The van der Waals surface area contributed by atoms with Crippen LogP contribution in [0.25, 0.3) is 0 Å². The van der Waals surface area contributed by atoms with Crippen LogP contribution in [0.2, 0.25) is 0 Å². The third-order valence-corrected chi connectivity index (χ3v) is 3.05. The van der Waals surface area contributed by atoms with Crippen LogP contribution in [0.15, 0.2) is 41.0 Å². The Balaban J connectivity index is 2.20. The smallest absolute Gasteiger partial charge is 0.325 e. The first-order valence-electron chi connectivity index (χ1n) is 5.35. The highest BCUT2D eigenvalue weighted by atomic mass is 79.9. The number of benzene rings is 1. The van der Waals surface area contributed by atoms with E-state index in [0.717, 1.165) is 0 Å². The molecule has 2 rings (SSSR count). The summed E-state index contributed by atoms with van der Waals surface area (Å²) < 4.78 is 13.3. The molecule has 0 atom stereocenters. The second-order valence-electron chi connectivity index (χ2n) is 3.73. The molecule has 7 heteroatoms. The lowest BCUT2D eigenvalue weighted by Crippen LogP contribution is -2.05. The van der Waals surface area contributed by atoms with Crippen LogP contribution in [-0.4, -0.2) is 9.91 Å². The monoisotopic (exact) mass is 325 g/mol. The van der Waals surface area contributed by atoms with E-state index in [9.17, 15) is 14.5 Å². The van der Waals surface area contributed by atoms with Crippen molar-refractivity contribution >= 4 is 27.4 Å². The molecule has 0 aliphatic heterocycles. The molecule has 0 bridgehead atoms. The fraction of sp³-hybridized carbons (Fsp3) is 0.0833. The van der Waals surface area contributed by atoms with Gasteiger partial charge in [-0.3, -0.25) is 10.1 Å². The van der Waals surface area contributed by atoms with Crippen molar-refractivity contribution < 1.29 is 9.31 Å². The Bertz CT molecular complexity index is 622. The maximum Gasteiger partial charge on any atom is 0.325 e. The summed E-state index contributed by atoms with van der Waals surface area (Å²) in [6.07, 6.45) is 1.45. The molecular weight excluding hydrogens is 317 g/mol. The number of aromatic nitrogens is 1. The molecule has 98 valence electrons. The number of nitro groups is 1. The van der Waals surface area contributed by atoms with Crippen LogP contribution in [0.1, 0.15) is 5.56 Å². The maximum atomic E-state index is 13.0. The van der Waals surface area contributed by atoms with Crippen molar-refractivity contribution in [2.75, 3.05) is 5.32 Å². The lowest BCUT2D eigenvalue weighted by Gasteiger charge is -2.07. The minimum atomic E-state index is -0.523. The summed E-state index contributed by atoms with van der Waals surface area (Å²) in [4.78, 5) is 14.3. The zero-order valence-electron chi connectivity index (χ0n) is 9.64. The molecule has 0 spiro atoms. The molecule has 1 aromatic carbocycles. The van der Waals surface area contributed by atoms with Crippen molar-refractivity contribution in [3.8, 4) is 0 Å². The highest BCUT2D eigenvalue weighted by Crippen LogP contribution is 2.30. The zero-order valence-corrected chi connectivity index (χ0v) is 11.2. The normalized spacial score (nSPS) is 10.2. The standard InChI is InChI=1S/C12H9BrFN3O2/c13-10-4-5-15-12(11(10)17(18)19)16-7-8-2-1-3-9(14)6-8/h1-6H,7H2,(H,15,16).